The minimum absolute atomic E-state index is 0.124. The fourth-order valence-corrected chi connectivity index (χ4v) is 2.43. The number of nitrogens with zero attached hydrogens (tertiary/aromatic N) is 1. The van der Waals surface area contributed by atoms with Gasteiger partial charge in [-0.05, 0) is 44.0 Å². The molecule has 1 N–H and O–H groups in total. The van der Waals surface area contributed by atoms with Crippen LogP contribution in [0.2, 0.25) is 0 Å². The third kappa shape index (κ3) is 3.50. The van der Waals surface area contributed by atoms with Crippen LogP contribution >= 0.6 is 0 Å². The molecule has 6 heteroatoms. The van der Waals surface area contributed by atoms with Gasteiger partial charge in [0.2, 0.25) is 0 Å². The van der Waals surface area contributed by atoms with Crippen molar-refractivity contribution in [1.82, 2.24) is 4.90 Å². The molecule has 0 aliphatic carbocycles. The number of phenols is 1. The largest absolute Gasteiger partial charge is 0.508 e. The quantitative estimate of drug-likeness (QED) is 0.805. The fourth-order valence-electron chi connectivity index (χ4n) is 2.43. The zero-order valence-electron chi connectivity index (χ0n) is 13.3. The zero-order chi connectivity index (χ0) is 16.5. The highest BCUT2D eigenvalue weighted by molar-refractivity contribution is 5.82. The Labute approximate surface area is 129 Å². The molecule has 1 aromatic carbocycles. The molecule has 6 nitrogen and oxygen atoms in total. The monoisotopic (exact) mass is 307 g/mol. The number of benzene rings is 1. The Morgan fingerprint density at radius 3 is 2.55 bits per heavy atom. The maximum Gasteiger partial charge on any atom is 0.411 e. The minimum atomic E-state index is -0.725. The minimum Gasteiger partial charge on any atom is -0.508 e. The molecule has 1 unspecified atom stereocenters. The molecular formula is C16H21NO5. The number of carbonyl (C=O) groups excluding carboxylic acids is 2. The van der Waals surface area contributed by atoms with Crippen molar-refractivity contribution in [1.29, 1.82) is 0 Å². The van der Waals surface area contributed by atoms with Gasteiger partial charge in [0.05, 0.1) is 13.7 Å². The van der Waals surface area contributed by atoms with Crippen molar-refractivity contribution in [3.05, 3.63) is 29.3 Å². The Morgan fingerprint density at radius 1 is 1.27 bits per heavy atom. The standard InChI is InChI=1S/C16H21NO5/c1-16(2,3)22-15(20)17-9-11-7-12(18)6-5-10(11)8-13(17)14(19)21-4/h5-7,13,18H,8-9H2,1-4H3. The van der Waals surface area contributed by atoms with E-state index in [0.29, 0.717) is 6.42 Å². The fraction of sp³-hybridized carbons (Fsp3) is 0.500. The van der Waals surface area contributed by atoms with Gasteiger partial charge >= 0.3 is 12.1 Å². The van der Waals surface area contributed by atoms with Crippen LogP contribution in [0.25, 0.3) is 0 Å². The number of rotatable bonds is 1. The molecule has 1 aromatic rings. The van der Waals surface area contributed by atoms with Crippen molar-refractivity contribution in [2.24, 2.45) is 0 Å². The summed E-state index contributed by atoms with van der Waals surface area (Å²) in [5.41, 5.74) is 1.05. The van der Waals surface area contributed by atoms with Crippen LogP contribution in [-0.4, -0.2) is 40.8 Å². The van der Waals surface area contributed by atoms with Crippen LogP contribution in [0.15, 0.2) is 18.2 Å². The predicted molar refractivity (Wildman–Crippen MR) is 79.4 cm³/mol. The average molecular weight is 307 g/mol. The second kappa shape index (κ2) is 5.87. The van der Waals surface area contributed by atoms with Crippen LogP contribution in [0.3, 0.4) is 0 Å². The van der Waals surface area contributed by atoms with E-state index in [1.165, 1.54) is 12.0 Å². The second-order valence-corrected chi connectivity index (χ2v) is 6.30. The second-order valence-electron chi connectivity index (χ2n) is 6.30. The molecule has 0 fully saturated rings. The number of amides is 1. The normalized spacial score (nSPS) is 17.6. The highest BCUT2D eigenvalue weighted by Crippen LogP contribution is 2.28. The van der Waals surface area contributed by atoms with Crippen molar-refractivity contribution in [3.63, 3.8) is 0 Å². The van der Waals surface area contributed by atoms with E-state index >= 15 is 0 Å². The number of carbonyl (C=O) groups is 2. The van der Waals surface area contributed by atoms with Gasteiger partial charge in [-0.1, -0.05) is 6.07 Å². The Kier molecular flexibility index (Phi) is 4.30. The first-order valence-electron chi connectivity index (χ1n) is 7.09. The van der Waals surface area contributed by atoms with Gasteiger partial charge in [-0.25, -0.2) is 9.59 Å². The van der Waals surface area contributed by atoms with Gasteiger partial charge in [-0.2, -0.15) is 0 Å². The molecule has 0 spiro atoms. The number of methoxy groups -OCH3 is 1. The smallest absolute Gasteiger partial charge is 0.411 e. The summed E-state index contributed by atoms with van der Waals surface area (Å²) < 4.78 is 10.2. The molecule has 22 heavy (non-hydrogen) atoms. The molecule has 0 bridgehead atoms. The summed E-state index contributed by atoms with van der Waals surface area (Å²) in [5, 5.41) is 9.59. The number of aromatic hydroxyl groups is 1. The Balaban J connectivity index is 2.32. The van der Waals surface area contributed by atoms with E-state index < -0.39 is 23.7 Å². The summed E-state index contributed by atoms with van der Waals surface area (Å²) in [6.45, 7) is 5.49. The third-order valence-corrected chi connectivity index (χ3v) is 3.42. The molecule has 0 saturated carbocycles. The van der Waals surface area contributed by atoms with E-state index in [-0.39, 0.29) is 12.3 Å². The van der Waals surface area contributed by atoms with Crippen LogP contribution in [0.5, 0.6) is 5.75 Å². The molecule has 1 heterocycles. The third-order valence-electron chi connectivity index (χ3n) is 3.42. The molecule has 120 valence electrons. The molecule has 1 atom stereocenters. The summed E-state index contributed by atoms with van der Waals surface area (Å²) in [4.78, 5) is 25.7. The van der Waals surface area contributed by atoms with Gasteiger partial charge in [0.25, 0.3) is 0 Å². The molecule has 1 amide bonds. The number of phenolic OH excluding ortho intramolecular Hbond substituents is 1. The summed E-state index contributed by atoms with van der Waals surface area (Å²) in [6.07, 6.45) is -0.237. The van der Waals surface area contributed by atoms with Gasteiger partial charge in [-0.3, -0.25) is 4.90 Å². The maximum atomic E-state index is 12.4. The number of esters is 1. The van der Waals surface area contributed by atoms with Crippen molar-refractivity contribution in [2.75, 3.05) is 7.11 Å². The van der Waals surface area contributed by atoms with E-state index in [1.807, 2.05) is 0 Å². The molecular weight excluding hydrogens is 286 g/mol. The zero-order valence-corrected chi connectivity index (χ0v) is 13.3. The summed E-state index contributed by atoms with van der Waals surface area (Å²) in [5.74, 6) is -0.357. The van der Waals surface area contributed by atoms with Crippen LogP contribution in [0.4, 0.5) is 4.79 Å². The highest BCUT2D eigenvalue weighted by Gasteiger charge is 2.37. The highest BCUT2D eigenvalue weighted by atomic mass is 16.6. The summed E-state index contributed by atoms with van der Waals surface area (Å²) >= 11 is 0. The maximum absolute atomic E-state index is 12.4. The average Bonchev–Trinajstić information content (AvgIpc) is 2.43. The van der Waals surface area contributed by atoms with E-state index in [9.17, 15) is 14.7 Å². The first-order valence-corrected chi connectivity index (χ1v) is 7.09. The molecule has 1 aliphatic rings. The first kappa shape index (κ1) is 16.1. The van der Waals surface area contributed by atoms with Crippen LogP contribution < -0.4 is 0 Å². The van der Waals surface area contributed by atoms with E-state index in [0.717, 1.165) is 11.1 Å². The SMILES string of the molecule is COC(=O)C1Cc2ccc(O)cc2CN1C(=O)OC(C)(C)C. The Morgan fingerprint density at radius 2 is 1.95 bits per heavy atom. The van der Waals surface area contributed by atoms with Crippen molar-refractivity contribution < 1.29 is 24.2 Å². The van der Waals surface area contributed by atoms with E-state index in [4.69, 9.17) is 9.47 Å². The topological polar surface area (TPSA) is 76.1 Å². The van der Waals surface area contributed by atoms with Crippen LogP contribution in [0, 0.1) is 0 Å². The van der Waals surface area contributed by atoms with Gasteiger partial charge in [0.15, 0.2) is 0 Å². The number of hydrogen-bond acceptors (Lipinski definition) is 5. The first-order chi connectivity index (χ1) is 10.2. The Bertz CT molecular complexity index is 591. The number of fused-ring (bicyclic) bond motifs is 1. The van der Waals surface area contributed by atoms with Crippen molar-refractivity contribution in [2.45, 2.75) is 45.4 Å². The molecule has 0 aromatic heterocycles. The number of ether oxygens (including phenoxy) is 2. The van der Waals surface area contributed by atoms with Crippen LogP contribution in [-0.2, 0) is 27.2 Å². The lowest BCUT2D eigenvalue weighted by Crippen LogP contribution is -2.50. The molecule has 0 radical (unpaired) electrons. The lowest BCUT2D eigenvalue weighted by molar-refractivity contribution is -0.147. The summed E-state index contributed by atoms with van der Waals surface area (Å²) in [6, 6.07) is 4.20. The van der Waals surface area contributed by atoms with E-state index in [1.54, 1.807) is 39.0 Å². The summed E-state index contributed by atoms with van der Waals surface area (Å²) in [7, 11) is 1.29. The van der Waals surface area contributed by atoms with Crippen molar-refractivity contribution in [3.8, 4) is 5.75 Å². The van der Waals surface area contributed by atoms with E-state index in [2.05, 4.69) is 0 Å². The Hall–Kier alpha value is -2.24. The molecule has 2 rings (SSSR count). The van der Waals surface area contributed by atoms with Gasteiger partial charge < -0.3 is 14.6 Å². The lowest BCUT2D eigenvalue weighted by Gasteiger charge is -2.36. The number of hydrogen-bond donors (Lipinski definition) is 1. The van der Waals surface area contributed by atoms with Gasteiger partial charge in [-0.15, -0.1) is 0 Å². The van der Waals surface area contributed by atoms with Crippen molar-refractivity contribution >= 4 is 12.1 Å². The molecule has 1 aliphatic heterocycles. The lowest BCUT2D eigenvalue weighted by atomic mass is 9.94. The van der Waals surface area contributed by atoms with Crippen LogP contribution in [0.1, 0.15) is 31.9 Å². The molecule has 0 saturated heterocycles. The predicted octanol–water partition coefficient (Wildman–Crippen LogP) is 2.23. The van der Waals surface area contributed by atoms with Gasteiger partial charge in [0.1, 0.15) is 17.4 Å². The van der Waals surface area contributed by atoms with Gasteiger partial charge in [0, 0.05) is 6.42 Å².